The molecule has 0 radical (unpaired) electrons. The molecule has 0 unspecified atom stereocenters. The van der Waals surface area contributed by atoms with E-state index < -0.39 is 23.8 Å². The van der Waals surface area contributed by atoms with Gasteiger partial charge >= 0.3 is 0 Å². The normalized spacial score (nSPS) is 15.6. The summed E-state index contributed by atoms with van der Waals surface area (Å²) in [5, 5.41) is 2.97. The predicted octanol–water partition coefficient (Wildman–Crippen LogP) is 3.13. The average molecular weight is 538 g/mol. The summed E-state index contributed by atoms with van der Waals surface area (Å²) in [7, 11) is 1.55. The summed E-state index contributed by atoms with van der Waals surface area (Å²) in [5.74, 6) is -1.20. The van der Waals surface area contributed by atoms with Gasteiger partial charge in [0.2, 0.25) is 5.91 Å². The number of carbonyl (C=O) groups excluding carboxylic acids is 3. The van der Waals surface area contributed by atoms with E-state index in [9.17, 15) is 14.4 Å². The van der Waals surface area contributed by atoms with Crippen LogP contribution in [0.1, 0.15) is 55.7 Å². The first-order valence-corrected chi connectivity index (χ1v) is 13.0. The number of aromatic nitrogens is 1. The van der Waals surface area contributed by atoms with Crippen molar-refractivity contribution >= 4 is 40.6 Å². The summed E-state index contributed by atoms with van der Waals surface area (Å²) in [6, 6.07) is 11.5. The number of hydrogen-bond donors (Lipinski definition) is 3. The number of nitrogen functional groups attached to an aromatic ring is 1. The summed E-state index contributed by atoms with van der Waals surface area (Å²) in [5.41, 5.74) is 14.1. The molecule has 1 aliphatic heterocycles. The maximum absolute atomic E-state index is 14.2. The smallest absolute Gasteiger partial charge is 0.273 e. The van der Waals surface area contributed by atoms with Gasteiger partial charge in [-0.25, -0.2) is 0 Å². The highest BCUT2D eigenvalue weighted by Gasteiger charge is 2.36. The van der Waals surface area contributed by atoms with Crippen LogP contribution in [-0.2, 0) is 9.53 Å². The van der Waals surface area contributed by atoms with Gasteiger partial charge in [-0.05, 0) is 79.2 Å². The van der Waals surface area contributed by atoms with Crippen LogP contribution in [0.15, 0.2) is 42.5 Å². The Morgan fingerprint density at radius 3 is 2.42 bits per heavy atom. The lowest BCUT2D eigenvalue weighted by molar-refractivity contribution is -0.123. The number of carbonyl (C=O) groups is 3. The molecule has 1 fully saturated rings. The molecule has 0 aliphatic carbocycles. The first kappa shape index (κ1) is 27.1. The lowest BCUT2D eigenvalue weighted by Gasteiger charge is -2.32. The Kier molecular flexibility index (Phi) is 8.28. The molecule has 2 aromatic carbocycles. The van der Waals surface area contributed by atoms with Gasteiger partial charge in [-0.2, -0.15) is 4.37 Å². The second kappa shape index (κ2) is 11.6. The van der Waals surface area contributed by atoms with Crippen LogP contribution in [0.3, 0.4) is 0 Å². The first-order chi connectivity index (χ1) is 18.2. The monoisotopic (exact) mass is 537 g/mol. The molecule has 1 saturated heterocycles. The van der Waals surface area contributed by atoms with Crippen LogP contribution in [0, 0.1) is 13.8 Å². The average Bonchev–Trinajstić information content (AvgIpc) is 3.54. The molecule has 11 heteroatoms. The summed E-state index contributed by atoms with van der Waals surface area (Å²) in [4.78, 5) is 41.2. The number of amides is 3. The molecule has 0 spiro atoms. The van der Waals surface area contributed by atoms with E-state index in [2.05, 4.69) is 9.69 Å². The van der Waals surface area contributed by atoms with Crippen molar-refractivity contribution < 1.29 is 23.9 Å². The molecule has 3 aromatic rings. The number of methoxy groups -OCH3 is 1. The molecule has 2 heterocycles. The van der Waals surface area contributed by atoms with Gasteiger partial charge in [0.1, 0.15) is 16.7 Å². The van der Waals surface area contributed by atoms with Gasteiger partial charge in [0.15, 0.2) is 5.69 Å². The number of nitrogens with two attached hydrogens (primary N) is 2. The molecular formula is C27H31N5O5S. The minimum Gasteiger partial charge on any atom is -0.497 e. The Hall–Kier alpha value is -3.96. The van der Waals surface area contributed by atoms with Crippen LogP contribution in [0.25, 0.3) is 0 Å². The number of nitrogens with one attached hydrogen (secondary N) is 1. The van der Waals surface area contributed by atoms with Gasteiger partial charge in [-0.1, -0.05) is 18.2 Å². The maximum atomic E-state index is 14.2. The minimum absolute atomic E-state index is 0.0170. The molecule has 4 rings (SSSR count). The first-order valence-electron chi connectivity index (χ1n) is 12.2. The quantitative estimate of drug-likeness (QED) is 0.379. The zero-order chi connectivity index (χ0) is 27.4. The van der Waals surface area contributed by atoms with Crippen molar-refractivity contribution in [1.82, 2.24) is 9.69 Å². The number of nitrogens with zero attached hydrogens (tertiary/aromatic N) is 2. The molecule has 0 bridgehead atoms. The highest BCUT2D eigenvalue weighted by Crippen LogP contribution is 2.34. The molecule has 1 aromatic heterocycles. The Labute approximate surface area is 225 Å². The molecule has 3 amide bonds. The number of ether oxygens (including phenoxy) is 2. The summed E-state index contributed by atoms with van der Waals surface area (Å²) >= 11 is 0.769. The lowest BCUT2D eigenvalue weighted by Crippen LogP contribution is -2.45. The van der Waals surface area contributed by atoms with Crippen LogP contribution < -0.4 is 26.4 Å². The SMILES string of the molecule is COc1ccc([C@H](C(=O)NC[C@@H]2CCCO2)N(C(=O)c2snc(C(N)=O)c2N)c2cc(C)cc(C)c2)cc1. The molecule has 38 heavy (non-hydrogen) atoms. The van der Waals surface area contributed by atoms with Crippen molar-refractivity contribution in [2.45, 2.75) is 38.8 Å². The number of anilines is 2. The second-order valence-electron chi connectivity index (χ2n) is 9.22. The third-order valence-electron chi connectivity index (χ3n) is 6.33. The summed E-state index contributed by atoms with van der Waals surface area (Å²) in [6.07, 6.45) is 1.69. The fourth-order valence-corrected chi connectivity index (χ4v) is 5.27. The van der Waals surface area contributed by atoms with Crippen molar-refractivity contribution in [3.8, 4) is 5.75 Å². The standard InChI is InChI=1S/C27H31N5O5S/c1-15-11-16(2)13-18(12-15)32(27(35)24-21(28)22(25(29)33)31-38-24)23(17-6-8-19(36-3)9-7-17)26(34)30-14-20-5-4-10-37-20/h6-9,11-13,20,23H,4-5,10,14,28H2,1-3H3,(H2,29,33)(H,30,34)/t20-,23+/m0/s1. The van der Waals surface area contributed by atoms with Crippen LogP contribution in [0.4, 0.5) is 11.4 Å². The van der Waals surface area contributed by atoms with Gasteiger partial charge in [0, 0.05) is 18.8 Å². The third-order valence-corrected chi connectivity index (χ3v) is 7.18. The largest absolute Gasteiger partial charge is 0.497 e. The van der Waals surface area contributed by atoms with Crippen molar-refractivity contribution in [2.24, 2.45) is 5.73 Å². The van der Waals surface area contributed by atoms with E-state index in [4.69, 9.17) is 20.9 Å². The number of rotatable bonds is 9. The number of benzene rings is 2. The maximum Gasteiger partial charge on any atom is 0.273 e. The van der Waals surface area contributed by atoms with E-state index in [1.54, 1.807) is 31.4 Å². The van der Waals surface area contributed by atoms with E-state index in [0.29, 0.717) is 30.2 Å². The number of primary amides is 1. The van der Waals surface area contributed by atoms with Crippen molar-refractivity contribution in [3.05, 3.63) is 69.7 Å². The third kappa shape index (κ3) is 5.79. The lowest BCUT2D eigenvalue weighted by atomic mass is 10.0. The van der Waals surface area contributed by atoms with E-state index in [1.165, 1.54) is 4.90 Å². The fourth-order valence-electron chi connectivity index (χ4n) is 4.53. The molecule has 10 nitrogen and oxygen atoms in total. The van der Waals surface area contributed by atoms with Gasteiger partial charge in [0.05, 0.1) is 18.9 Å². The molecule has 2 atom stereocenters. The summed E-state index contributed by atoms with van der Waals surface area (Å²) in [6.45, 7) is 4.79. The Balaban J connectivity index is 1.84. The van der Waals surface area contributed by atoms with Crippen molar-refractivity contribution in [2.75, 3.05) is 30.9 Å². The van der Waals surface area contributed by atoms with E-state index in [1.807, 2.05) is 32.0 Å². The summed E-state index contributed by atoms with van der Waals surface area (Å²) < 4.78 is 15.0. The van der Waals surface area contributed by atoms with Crippen LogP contribution in [0.5, 0.6) is 5.75 Å². The predicted molar refractivity (Wildman–Crippen MR) is 145 cm³/mol. The van der Waals surface area contributed by atoms with Gasteiger partial charge < -0.3 is 26.3 Å². The molecule has 0 saturated carbocycles. The molecule has 1 aliphatic rings. The molecular weight excluding hydrogens is 506 g/mol. The van der Waals surface area contributed by atoms with E-state index >= 15 is 0 Å². The van der Waals surface area contributed by atoms with E-state index in [-0.39, 0.29) is 22.4 Å². The van der Waals surface area contributed by atoms with E-state index in [0.717, 1.165) is 35.5 Å². The topological polar surface area (TPSA) is 150 Å². The van der Waals surface area contributed by atoms with Gasteiger partial charge in [-0.15, -0.1) is 0 Å². The zero-order valence-corrected chi connectivity index (χ0v) is 22.3. The Morgan fingerprint density at radius 2 is 1.87 bits per heavy atom. The van der Waals surface area contributed by atoms with Crippen LogP contribution in [0.2, 0.25) is 0 Å². The highest BCUT2D eigenvalue weighted by molar-refractivity contribution is 7.09. The highest BCUT2D eigenvalue weighted by atomic mass is 32.1. The van der Waals surface area contributed by atoms with Gasteiger partial charge in [-0.3, -0.25) is 19.3 Å². The number of aryl methyl sites for hydroxylation is 2. The Morgan fingerprint density at radius 1 is 1.18 bits per heavy atom. The Bertz CT molecular complexity index is 1310. The number of hydrogen-bond acceptors (Lipinski definition) is 8. The van der Waals surface area contributed by atoms with Crippen molar-refractivity contribution in [3.63, 3.8) is 0 Å². The van der Waals surface area contributed by atoms with Gasteiger partial charge in [0.25, 0.3) is 11.8 Å². The van der Waals surface area contributed by atoms with Crippen LogP contribution in [-0.4, -0.2) is 48.5 Å². The minimum atomic E-state index is -1.07. The molecule has 5 N–H and O–H groups in total. The second-order valence-corrected chi connectivity index (χ2v) is 9.99. The fraction of sp³-hybridized carbons (Fsp3) is 0.333. The molecule has 200 valence electrons. The van der Waals surface area contributed by atoms with Crippen molar-refractivity contribution in [1.29, 1.82) is 0 Å². The zero-order valence-electron chi connectivity index (χ0n) is 21.5. The van der Waals surface area contributed by atoms with Crippen LogP contribution >= 0.6 is 11.5 Å².